The summed E-state index contributed by atoms with van der Waals surface area (Å²) in [5.74, 6) is 0. The lowest BCUT2D eigenvalue weighted by Gasteiger charge is -2.42. The van der Waals surface area contributed by atoms with Crippen LogP contribution in [-0.2, 0) is 4.74 Å². The van der Waals surface area contributed by atoms with Crippen LogP contribution in [0.15, 0.2) is 0 Å². The summed E-state index contributed by atoms with van der Waals surface area (Å²) in [5, 5.41) is 3.35. The van der Waals surface area contributed by atoms with Crippen molar-refractivity contribution in [3.05, 3.63) is 0 Å². The maximum atomic E-state index is 5.65. The first-order valence-corrected chi connectivity index (χ1v) is 4.40. The van der Waals surface area contributed by atoms with Gasteiger partial charge in [0.05, 0.1) is 12.7 Å². The van der Waals surface area contributed by atoms with Crippen LogP contribution >= 0.6 is 24.8 Å². The lowest BCUT2D eigenvalue weighted by molar-refractivity contribution is -0.0716. The van der Waals surface area contributed by atoms with E-state index in [0.717, 1.165) is 26.2 Å². The SMILES string of the molecule is CN1CCO[C@H]2CNCC[C@@H]21.Cl.Cl. The molecule has 2 saturated heterocycles. The average molecular weight is 229 g/mol. The summed E-state index contributed by atoms with van der Waals surface area (Å²) in [6.07, 6.45) is 1.68. The molecule has 0 aliphatic carbocycles. The number of morpholine rings is 1. The minimum absolute atomic E-state index is 0. The van der Waals surface area contributed by atoms with E-state index in [0.29, 0.717) is 12.1 Å². The Morgan fingerprint density at radius 1 is 1.38 bits per heavy atom. The van der Waals surface area contributed by atoms with E-state index in [4.69, 9.17) is 4.74 Å². The molecule has 0 aromatic carbocycles. The number of fused-ring (bicyclic) bond motifs is 1. The van der Waals surface area contributed by atoms with Gasteiger partial charge in [0.15, 0.2) is 0 Å². The van der Waals surface area contributed by atoms with Gasteiger partial charge in [0, 0.05) is 19.1 Å². The van der Waals surface area contributed by atoms with E-state index in [2.05, 4.69) is 17.3 Å². The Bertz CT molecular complexity index is 146. The fourth-order valence-corrected chi connectivity index (χ4v) is 2.00. The molecule has 2 fully saturated rings. The Balaban J connectivity index is 0.000000720. The Morgan fingerprint density at radius 3 is 2.85 bits per heavy atom. The van der Waals surface area contributed by atoms with Gasteiger partial charge in [-0.05, 0) is 20.0 Å². The summed E-state index contributed by atoms with van der Waals surface area (Å²) in [7, 11) is 2.20. The summed E-state index contributed by atoms with van der Waals surface area (Å²) in [5.41, 5.74) is 0. The molecule has 2 heterocycles. The average Bonchev–Trinajstić information content (AvgIpc) is 2.06. The van der Waals surface area contributed by atoms with Crippen molar-refractivity contribution in [3.63, 3.8) is 0 Å². The number of hydrogen-bond acceptors (Lipinski definition) is 3. The first-order valence-electron chi connectivity index (χ1n) is 4.40. The quantitative estimate of drug-likeness (QED) is 0.655. The second-order valence-corrected chi connectivity index (χ2v) is 3.45. The summed E-state index contributed by atoms with van der Waals surface area (Å²) in [6.45, 7) is 4.18. The number of ether oxygens (including phenoxy) is 1. The number of likely N-dealkylation sites (N-methyl/N-ethyl adjacent to an activating group) is 1. The van der Waals surface area contributed by atoms with Crippen molar-refractivity contribution in [2.75, 3.05) is 33.3 Å². The molecule has 0 radical (unpaired) electrons. The molecule has 2 aliphatic heterocycles. The maximum Gasteiger partial charge on any atom is 0.0855 e. The van der Waals surface area contributed by atoms with E-state index in [1.807, 2.05) is 0 Å². The molecule has 3 nitrogen and oxygen atoms in total. The second-order valence-electron chi connectivity index (χ2n) is 3.45. The molecule has 80 valence electrons. The zero-order chi connectivity index (χ0) is 7.68. The van der Waals surface area contributed by atoms with E-state index in [1.165, 1.54) is 6.42 Å². The highest BCUT2D eigenvalue weighted by Crippen LogP contribution is 2.17. The monoisotopic (exact) mass is 228 g/mol. The molecule has 0 aromatic rings. The van der Waals surface area contributed by atoms with E-state index in [9.17, 15) is 0 Å². The lowest BCUT2D eigenvalue weighted by atomic mass is 10.0. The van der Waals surface area contributed by atoms with Gasteiger partial charge < -0.3 is 10.1 Å². The van der Waals surface area contributed by atoms with Crippen molar-refractivity contribution in [1.29, 1.82) is 0 Å². The molecule has 2 aliphatic rings. The first-order chi connectivity index (χ1) is 5.38. The number of hydrogen-bond donors (Lipinski definition) is 1. The predicted octanol–water partition coefficient (Wildman–Crippen LogP) is 0.522. The minimum atomic E-state index is 0. The first kappa shape index (κ1) is 13.5. The van der Waals surface area contributed by atoms with Gasteiger partial charge >= 0.3 is 0 Å². The van der Waals surface area contributed by atoms with Crippen LogP contribution in [0.2, 0.25) is 0 Å². The van der Waals surface area contributed by atoms with Crippen LogP contribution < -0.4 is 5.32 Å². The Kier molecular flexibility index (Phi) is 6.25. The van der Waals surface area contributed by atoms with Gasteiger partial charge in [-0.3, -0.25) is 4.90 Å². The number of rotatable bonds is 0. The zero-order valence-corrected chi connectivity index (χ0v) is 9.50. The van der Waals surface area contributed by atoms with Crippen LogP contribution in [0, 0.1) is 0 Å². The molecule has 0 unspecified atom stereocenters. The van der Waals surface area contributed by atoms with Crippen LogP contribution in [0.25, 0.3) is 0 Å². The molecule has 2 rings (SSSR count). The van der Waals surface area contributed by atoms with Gasteiger partial charge in [0.25, 0.3) is 0 Å². The highest BCUT2D eigenvalue weighted by atomic mass is 35.5. The van der Waals surface area contributed by atoms with Gasteiger partial charge in [-0.2, -0.15) is 0 Å². The molecule has 0 aromatic heterocycles. The van der Waals surface area contributed by atoms with Crippen LogP contribution in [0.1, 0.15) is 6.42 Å². The number of nitrogens with one attached hydrogen (secondary N) is 1. The van der Waals surface area contributed by atoms with Gasteiger partial charge in [-0.15, -0.1) is 24.8 Å². The maximum absolute atomic E-state index is 5.65. The molecular weight excluding hydrogens is 211 g/mol. The fourth-order valence-electron chi connectivity index (χ4n) is 2.00. The van der Waals surface area contributed by atoms with Crippen LogP contribution in [-0.4, -0.2) is 50.3 Å². The van der Waals surface area contributed by atoms with Gasteiger partial charge in [0.1, 0.15) is 0 Å². The molecule has 5 heteroatoms. The van der Waals surface area contributed by atoms with Crippen LogP contribution in [0.4, 0.5) is 0 Å². The minimum Gasteiger partial charge on any atom is -0.374 e. The normalized spacial score (nSPS) is 33.9. The highest BCUT2D eigenvalue weighted by molar-refractivity contribution is 5.85. The van der Waals surface area contributed by atoms with Crippen molar-refractivity contribution < 1.29 is 4.74 Å². The van der Waals surface area contributed by atoms with Crippen LogP contribution in [0.5, 0.6) is 0 Å². The molecule has 0 saturated carbocycles. The fraction of sp³-hybridized carbons (Fsp3) is 1.00. The molecular formula is C8H18Cl2N2O. The van der Waals surface area contributed by atoms with E-state index in [1.54, 1.807) is 0 Å². The van der Waals surface area contributed by atoms with E-state index in [-0.39, 0.29) is 24.8 Å². The van der Waals surface area contributed by atoms with Gasteiger partial charge in [0.2, 0.25) is 0 Å². The Hall–Kier alpha value is 0.460. The third-order valence-corrected chi connectivity index (χ3v) is 2.73. The van der Waals surface area contributed by atoms with Crippen molar-refractivity contribution in [3.8, 4) is 0 Å². The molecule has 1 N–H and O–H groups in total. The zero-order valence-electron chi connectivity index (χ0n) is 7.86. The third kappa shape index (κ3) is 2.96. The largest absolute Gasteiger partial charge is 0.374 e. The summed E-state index contributed by atoms with van der Waals surface area (Å²) in [6, 6.07) is 0.671. The predicted molar refractivity (Wildman–Crippen MR) is 58.1 cm³/mol. The van der Waals surface area contributed by atoms with Crippen molar-refractivity contribution >= 4 is 24.8 Å². The number of piperidine rings is 1. The second kappa shape index (κ2) is 6.04. The summed E-state index contributed by atoms with van der Waals surface area (Å²) >= 11 is 0. The van der Waals surface area contributed by atoms with E-state index < -0.39 is 0 Å². The molecule has 2 atom stereocenters. The van der Waals surface area contributed by atoms with Crippen molar-refractivity contribution in [1.82, 2.24) is 10.2 Å². The van der Waals surface area contributed by atoms with Gasteiger partial charge in [-0.1, -0.05) is 0 Å². The summed E-state index contributed by atoms with van der Waals surface area (Å²) in [4.78, 5) is 2.43. The third-order valence-electron chi connectivity index (χ3n) is 2.73. The summed E-state index contributed by atoms with van der Waals surface area (Å²) < 4.78 is 5.65. The van der Waals surface area contributed by atoms with Crippen molar-refractivity contribution in [2.24, 2.45) is 0 Å². The highest BCUT2D eigenvalue weighted by Gasteiger charge is 2.31. The molecule has 0 spiro atoms. The smallest absolute Gasteiger partial charge is 0.0855 e. The molecule has 0 amide bonds. The molecule has 13 heavy (non-hydrogen) atoms. The Labute approximate surface area is 92.0 Å². The van der Waals surface area contributed by atoms with Gasteiger partial charge in [-0.25, -0.2) is 0 Å². The van der Waals surface area contributed by atoms with Crippen LogP contribution in [0.3, 0.4) is 0 Å². The van der Waals surface area contributed by atoms with E-state index >= 15 is 0 Å². The topological polar surface area (TPSA) is 24.5 Å². The standard InChI is InChI=1S/C8H16N2O.2ClH/c1-10-4-5-11-8-6-9-3-2-7(8)10;;/h7-9H,2-6H2,1H3;2*1H/t7-,8-;;/m0../s1. The Morgan fingerprint density at radius 2 is 2.15 bits per heavy atom. The van der Waals surface area contributed by atoms with Crippen molar-refractivity contribution in [2.45, 2.75) is 18.6 Å². The molecule has 0 bridgehead atoms. The lowest BCUT2D eigenvalue weighted by Crippen LogP contribution is -2.57. The number of nitrogens with zero attached hydrogens (tertiary/aromatic N) is 1. The number of halogens is 2.